The molecule has 0 spiro atoms. The van der Waals surface area contributed by atoms with E-state index in [0.717, 1.165) is 51.4 Å². The minimum atomic E-state index is -0.847. The monoisotopic (exact) mass is 826 g/mol. The highest BCUT2D eigenvalue weighted by atomic mass is 16.3. The number of hydrogen-bond donors (Lipinski definition) is 3. The van der Waals surface area contributed by atoms with Crippen LogP contribution in [0.1, 0.15) is 277 Å². The van der Waals surface area contributed by atoms with Gasteiger partial charge in [-0.05, 0) is 57.8 Å². The number of allylic oxidation sites excluding steroid dienone is 7. The van der Waals surface area contributed by atoms with Crippen LogP contribution in [0.3, 0.4) is 0 Å². The smallest absolute Gasteiger partial charge is 0.220 e. The molecule has 0 fully saturated rings. The van der Waals surface area contributed by atoms with Crippen LogP contribution < -0.4 is 5.32 Å². The number of nitrogens with one attached hydrogen (secondary N) is 1. The highest BCUT2D eigenvalue weighted by molar-refractivity contribution is 5.76. The minimum absolute atomic E-state index is 0.0749. The first-order valence-electron chi connectivity index (χ1n) is 26.4. The molecule has 1 amide bonds. The van der Waals surface area contributed by atoms with E-state index in [1.54, 1.807) is 6.08 Å². The van der Waals surface area contributed by atoms with Gasteiger partial charge in [0.1, 0.15) is 0 Å². The molecular formula is C55H103NO3. The molecule has 0 aliphatic carbocycles. The molecule has 3 N–H and O–H groups in total. The lowest BCUT2D eigenvalue weighted by atomic mass is 10.0. The SMILES string of the molecule is CCCCC/C=C\C/C=C\C/C=C\CCCCCCCCC(=O)NC(CO)C(O)/C=C/CCCCCCCCCCCCCCCCCCCCCCCCCCCC. The molecular weight excluding hydrogens is 723 g/mol. The van der Waals surface area contributed by atoms with Crippen molar-refractivity contribution < 1.29 is 15.0 Å². The Morgan fingerprint density at radius 1 is 0.407 bits per heavy atom. The van der Waals surface area contributed by atoms with E-state index in [9.17, 15) is 15.0 Å². The van der Waals surface area contributed by atoms with Gasteiger partial charge in [-0.25, -0.2) is 0 Å². The molecule has 59 heavy (non-hydrogen) atoms. The van der Waals surface area contributed by atoms with Crippen molar-refractivity contribution in [3.8, 4) is 0 Å². The van der Waals surface area contributed by atoms with E-state index < -0.39 is 12.1 Å². The predicted octanol–water partition coefficient (Wildman–Crippen LogP) is 17.1. The van der Waals surface area contributed by atoms with Crippen LogP contribution in [-0.2, 0) is 4.79 Å². The molecule has 4 nitrogen and oxygen atoms in total. The van der Waals surface area contributed by atoms with Gasteiger partial charge in [0.2, 0.25) is 5.91 Å². The van der Waals surface area contributed by atoms with Crippen molar-refractivity contribution in [3.05, 3.63) is 48.6 Å². The summed E-state index contributed by atoms with van der Waals surface area (Å²) in [4.78, 5) is 12.4. The fourth-order valence-corrected chi connectivity index (χ4v) is 8.01. The molecule has 0 saturated heterocycles. The lowest BCUT2D eigenvalue weighted by Gasteiger charge is -2.20. The van der Waals surface area contributed by atoms with Crippen LogP contribution in [0, 0.1) is 0 Å². The molecule has 4 heteroatoms. The van der Waals surface area contributed by atoms with E-state index in [1.807, 2.05) is 6.08 Å². The normalized spacial score (nSPS) is 13.2. The Kier molecular flexibility index (Phi) is 49.3. The average Bonchev–Trinajstić information content (AvgIpc) is 3.24. The first-order chi connectivity index (χ1) is 29.2. The fourth-order valence-electron chi connectivity index (χ4n) is 8.01. The van der Waals surface area contributed by atoms with Gasteiger partial charge >= 0.3 is 0 Å². The van der Waals surface area contributed by atoms with Crippen molar-refractivity contribution in [2.45, 2.75) is 289 Å². The number of aliphatic hydroxyl groups excluding tert-OH is 2. The number of unbranched alkanes of at least 4 members (excludes halogenated alkanes) is 35. The third-order valence-electron chi connectivity index (χ3n) is 12.1. The van der Waals surface area contributed by atoms with Crippen molar-refractivity contribution in [1.82, 2.24) is 5.32 Å². The summed E-state index contributed by atoms with van der Waals surface area (Å²) in [5.41, 5.74) is 0. The Morgan fingerprint density at radius 3 is 1.07 bits per heavy atom. The van der Waals surface area contributed by atoms with Gasteiger partial charge in [-0.1, -0.05) is 262 Å². The Balaban J connectivity index is 3.52. The molecule has 0 saturated carbocycles. The zero-order valence-electron chi connectivity index (χ0n) is 39.8. The van der Waals surface area contributed by atoms with E-state index >= 15 is 0 Å². The molecule has 0 aliphatic rings. The predicted molar refractivity (Wildman–Crippen MR) is 262 cm³/mol. The number of carbonyl (C=O) groups is 1. The van der Waals surface area contributed by atoms with Gasteiger partial charge in [-0.3, -0.25) is 4.79 Å². The van der Waals surface area contributed by atoms with Crippen LogP contribution in [0.25, 0.3) is 0 Å². The first kappa shape index (κ1) is 57.3. The van der Waals surface area contributed by atoms with Gasteiger partial charge in [0.15, 0.2) is 0 Å². The molecule has 2 unspecified atom stereocenters. The molecule has 0 aromatic heterocycles. The highest BCUT2D eigenvalue weighted by Gasteiger charge is 2.18. The van der Waals surface area contributed by atoms with Crippen molar-refractivity contribution in [2.75, 3.05) is 6.61 Å². The first-order valence-corrected chi connectivity index (χ1v) is 26.4. The summed E-state index contributed by atoms with van der Waals surface area (Å²) in [6.45, 7) is 4.30. The van der Waals surface area contributed by atoms with Crippen molar-refractivity contribution in [1.29, 1.82) is 0 Å². The molecule has 346 valence electrons. The molecule has 0 radical (unpaired) electrons. The summed E-state index contributed by atoms with van der Waals surface area (Å²) in [5.74, 6) is -0.0749. The van der Waals surface area contributed by atoms with E-state index in [-0.39, 0.29) is 12.5 Å². The Labute approximate surface area is 369 Å². The molecule has 0 aromatic rings. The van der Waals surface area contributed by atoms with Crippen LogP contribution in [0.5, 0.6) is 0 Å². The van der Waals surface area contributed by atoms with Gasteiger partial charge in [0.25, 0.3) is 0 Å². The zero-order chi connectivity index (χ0) is 42.8. The third kappa shape index (κ3) is 47.3. The Bertz CT molecular complexity index is 939. The van der Waals surface area contributed by atoms with Crippen LogP contribution in [0.2, 0.25) is 0 Å². The second kappa shape index (κ2) is 50.7. The van der Waals surface area contributed by atoms with Crippen LogP contribution >= 0.6 is 0 Å². The summed E-state index contributed by atoms with van der Waals surface area (Å²) in [7, 11) is 0. The van der Waals surface area contributed by atoms with E-state index in [2.05, 4.69) is 55.6 Å². The number of rotatable bonds is 48. The largest absolute Gasteiger partial charge is 0.394 e. The molecule has 0 rings (SSSR count). The topological polar surface area (TPSA) is 69.6 Å². The summed E-state index contributed by atoms with van der Waals surface area (Å²) >= 11 is 0. The van der Waals surface area contributed by atoms with Crippen LogP contribution in [-0.4, -0.2) is 34.9 Å². The fraction of sp³-hybridized carbons (Fsp3) is 0.836. The second-order valence-electron chi connectivity index (χ2n) is 17.9. The van der Waals surface area contributed by atoms with Crippen molar-refractivity contribution in [2.24, 2.45) is 0 Å². The van der Waals surface area contributed by atoms with Crippen molar-refractivity contribution >= 4 is 5.91 Å². The summed E-state index contributed by atoms with van der Waals surface area (Å²) in [6.07, 6.45) is 69.7. The van der Waals surface area contributed by atoms with Gasteiger partial charge < -0.3 is 15.5 Å². The third-order valence-corrected chi connectivity index (χ3v) is 12.1. The number of carbonyl (C=O) groups excluding carboxylic acids is 1. The number of hydrogen-bond acceptors (Lipinski definition) is 3. The molecule has 0 bridgehead atoms. The Hall–Kier alpha value is -1.65. The maximum absolute atomic E-state index is 12.4. The van der Waals surface area contributed by atoms with Gasteiger partial charge in [-0.15, -0.1) is 0 Å². The maximum atomic E-state index is 12.4. The molecule has 2 atom stereocenters. The van der Waals surface area contributed by atoms with Gasteiger partial charge in [-0.2, -0.15) is 0 Å². The standard InChI is InChI=1S/C55H103NO3/c1-3-5-7-9-11-13-15-17-19-21-23-24-25-26-27-28-29-30-31-33-34-36-38-40-42-44-46-48-50-54(58)53(52-57)56-55(59)51-49-47-45-43-41-39-37-35-32-22-20-18-16-14-12-10-8-6-4-2/h12,14,18,20,32,35,48,50,53-54,57-58H,3-11,13,15-17,19,21-31,33-34,36-47,49,51-52H2,1-2H3,(H,56,59)/b14-12-,20-18-,35-32-,50-48+. The summed E-state index contributed by atoms with van der Waals surface area (Å²) in [6, 6.07) is -0.631. The van der Waals surface area contributed by atoms with E-state index in [0.29, 0.717) is 6.42 Å². The summed E-state index contributed by atoms with van der Waals surface area (Å²) < 4.78 is 0. The molecule has 0 aliphatic heterocycles. The van der Waals surface area contributed by atoms with Crippen LogP contribution in [0.15, 0.2) is 48.6 Å². The van der Waals surface area contributed by atoms with Crippen molar-refractivity contribution in [3.63, 3.8) is 0 Å². The van der Waals surface area contributed by atoms with Gasteiger partial charge in [0.05, 0.1) is 18.8 Å². The summed E-state index contributed by atoms with van der Waals surface area (Å²) in [5, 5.41) is 23.1. The number of amides is 1. The zero-order valence-corrected chi connectivity index (χ0v) is 39.8. The van der Waals surface area contributed by atoms with E-state index in [1.165, 1.54) is 205 Å². The number of aliphatic hydroxyl groups is 2. The maximum Gasteiger partial charge on any atom is 0.220 e. The minimum Gasteiger partial charge on any atom is -0.394 e. The van der Waals surface area contributed by atoms with Gasteiger partial charge in [0, 0.05) is 6.42 Å². The average molecular weight is 826 g/mol. The molecule has 0 aromatic carbocycles. The Morgan fingerprint density at radius 2 is 0.695 bits per heavy atom. The van der Waals surface area contributed by atoms with Crippen LogP contribution in [0.4, 0.5) is 0 Å². The quantitative estimate of drug-likeness (QED) is 0.0423. The lowest BCUT2D eigenvalue weighted by Crippen LogP contribution is -2.45. The molecule has 0 heterocycles. The highest BCUT2D eigenvalue weighted by Crippen LogP contribution is 2.17. The second-order valence-corrected chi connectivity index (χ2v) is 17.9. The lowest BCUT2D eigenvalue weighted by molar-refractivity contribution is -0.123. The van der Waals surface area contributed by atoms with E-state index in [4.69, 9.17) is 0 Å².